The molecule has 0 N–H and O–H groups in total. The first-order valence-electron chi connectivity index (χ1n) is 9.85. The minimum atomic E-state index is -0.378. The van der Waals surface area contributed by atoms with Crippen LogP contribution in [0, 0.1) is 0 Å². The van der Waals surface area contributed by atoms with Gasteiger partial charge in [0.15, 0.2) is 0 Å². The lowest BCUT2D eigenvalue weighted by molar-refractivity contribution is -0.0269. The third kappa shape index (κ3) is 4.72. The van der Waals surface area contributed by atoms with E-state index in [2.05, 4.69) is 20.3 Å². The zero-order valence-corrected chi connectivity index (χ0v) is 16.6. The molecule has 0 saturated carbocycles. The summed E-state index contributed by atoms with van der Waals surface area (Å²) in [6.45, 7) is 5.63. The number of aromatic nitrogens is 4. The van der Waals surface area contributed by atoms with Crippen molar-refractivity contribution in [2.45, 2.75) is 12.6 Å². The van der Waals surface area contributed by atoms with Crippen molar-refractivity contribution < 1.29 is 19.0 Å². The molecule has 10 nitrogen and oxygen atoms in total. The molecule has 1 unspecified atom stereocenters. The molecule has 0 radical (unpaired) electrons. The van der Waals surface area contributed by atoms with Crippen LogP contribution in [0.3, 0.4) is 0 Å². The van der Waals surface area contributed by atoms with E-state index in [1.165, 1.54) is 4.80 Å². The first-order chi connectivity index (χ1) is 14.2. The molecular formula is C19H26N6O4. The van der Waals surface area contributed by atoms with E-state index in [4.69, 9.17) is 14.2 Å². The largest absolute Gasteiger partial charge is 0.383 e. The molecule has 2 fully saturated rings. The number of morpholine rings is 2. The summed E-state index contributed by atoms with van der Waals surface area (Å²) in [5.74, 6) is 0.472. The second-order valence-electron chi connectivity index (χ2n) is 6.99. The van der Waals surface area contributed by atoms with E-state index in [0.29, 0.717) is 44.2 Å². The Morgan fingerprint density at radius 1 is 1.17 bits per heavy atom. The number of carbonyl (C=O) groups excluding carboxylic acids is 1. The number of rotatable bonds is 6. The zero-order valence-electron chi connectivity index (χ0n) is 16.6. The molecule has 1 aromatic heterocycles. The Balaban J connectivity index is 1.38. The molecular weight excluding hydrogens is 376 g/mol. The highest BCUT2D eigenvalue weighted by Gasteiger charge is 2.29. The third-order valence-corrected chi connectivity index (χ3v) is 5.10. The molecule has 1 atom stereocenters. The van der Waals surface area contributed by atoms with Gasteiger partial charge in [-0.1, -0.05) is 0 Å². The number of carbonyl (C=O) groups is 1. The standard InChI is InChI=1S/C19H26N6O4/c1-27-10-9-25-21-18(20-22-25)17-14-24(8-13-29-17)19(26)15-2-4-16(5-3-15)23-6-11-28-12-7-23/h2-5,17H,6-14H2,1H3. The number of amides is 1. The minimum Gasteiger partial charge on any atom is -0.383 e. The Bertz CT molecular complexity index is 805. The van der Waals surface area contributed by atoms with Crippen LogP contribution in [-0.2, 0) is 20.8 Å². The smallest absolute Gasteiger partial charge is 0.254 e. The third-order valence-electron chi connectivity index (χ3n) is 5.10. The van der Waals surface area contributed by atoms with Gasteiger partial charge in [-0.2, -0.15) is 4.80 Å². The monoisotopic (exact) mass is 402 g/mol. The minimum absolute atomic E-state index is 0.0152. The normalized spacial score (nSPS) is 20.1. The molecule has 156 valence electrons. The summed E-state index contributed by atoms with van der Waals surface area (Å²) in [6.07, 6.45) is -0.378. The van der Waals surface area contributed by atoms with Gasteiger partial charge in [0.25, 0.3) is 5.91 Å². The fourth-order valence-corrected chi connectivity index (χ4v) is 3.46. The lowest BCUT2D eigenvalue weighted by atomic mass is 10.1. The van der Waals surface area contributed by atoms with Crippen LogP contribution in [0.2, 0.25) is 0 Å². The summed E-state index contributed by atoms with van der Waals surface area (Å²) in [5, 5.41) is 12.4. The highest BCUT2D eigenvalue weighted by Crippen LogP contribution is 2.22. The van der Waals surface area contributed by atoms with Crippen LogP contribution in [0.4, 0.5) is 5.69 Å². The van der Waals surface area contributed by atoms with Crippen molar-refractivity contribution in [1.29, 1.82) is 0 Å². The Hall–Kier alpha value is -2.56. The van der Waals surface area contributed by atoms with E-state index in [9.17, 15) is 4.79 Å². The maximum atomic E-state index is 13.0. The average molecular weight is 402 g/mol. The van der Waals surface area contributed by atoms with Crippen molar-refractivity contribution in [2.24, 2.45) is 0 Å². The van der Waals surface area contributed by atoms with Crippen molar-refractivity contribution in [1.82, 2.24) is 25.1 Å². The molecule has 1 aromatic carbocycles. The zero-order chi connectivity index (χ0) is 20.1. The van der Waals surface area contributed by atoms with Crippen molar-refractivity contribution in [3.63, 3.8) is 0 Å². The van der Waals surface area contributed by atoms with Crippen LogP contribution < -0.4 is 4.90 Å². The number of anilines is 1. The molecule has 3 heterocycles. The van der Waals surface area contributed by atoms with Gasteiger partial charge in [-0.25, -0.2) is 0 Å². The van der Waals surface area contributed by atoms with Crippen LogP contribution in [0.15, 0.2) is 24.3 Å². The lowest BCUT2D eigenvalue weighted by Crippen LogP contribution is -2.42. The Morgan fingerprint density at radius 2 is 1.97 bits per heavy atom. The first kappa shape index (κ1) is 19.7. The van der Waals surface area contributed by atoms with Crippen LogP contribution in [0.5, 0.6) is 0 Å². The van der Waals surface area contributed by atoms with E-state index in [1.807, 2.05) is 24.3 Å². The summed E-state index contributed by atoms with van der Waals surface area (Å²) in [7, 11) is 1.62. The molecule has 0 spiro atoms. The van der Waals surface area contributed by atoms with E-state index in [0.717, 1.165) is 32.0 Å². The molecule has 0 aliphatic carbocycles. The van der Waals surface area contributed by atoms with Crippen LogP contribution in [0.25, 0.3) is 0 Å². The van der Waals surface area contributed by atoms with Gasteiger partial charge in [0.05, 0.1) is 39.5 Å². The molecule has 2 aromatic rings. The van der Waals surface area contributed by atoms with Crippen molar-refractivity contribution in [3.05, 3.63) is 35.7 Å². The molecule has 2 aliphatic rings. The maximum Gasteiger partial charge on any atom is 0.254 e. The van der Waals surface area contributed by atoms with Crippen LogP contribution >= 0.6 is 0 Å². The summed E-state index contributed by atoms with van der Waals surface area (Å²) < 4.78 is 16.2. The fraction of sp³-hybridized carbons (Fsp3) is 0.579. The summed E-state index contributed by atoms with van der Waals surface area (Å²) in [4.78, 5) is 18.5. The topological polar surface area (TPSA) is 94.8 Å². The summed E-state index contributed by atoms with van der Waals surface area (Å²) in [5.41, 5.74) is 1.78. The maximum absolute atomic E-state index is 13.0. The number of hydrogen-bond acceptors (Lipinski definition) is 8. The van der Waals surface area contributed by atoms with E-state index < -0.39 is 0 Å². The predicted molar refractivity (Wildman–Crippen MR) is 104 cm³/mol. The van der Waals surface area contributed by atoms with E-state index in [1.54, 1.807) is 12.0 Å². The van der Waals surface area contributed by atoms with Gasteiger partial charge in [0.1, 0.15) is 6.10 Å². The number of ether oxygens (including phenoxy) is 3. The SMILES string of the molecule is COCCn1nnc(C2CN(C(=O)c3ccc(N4CCOCC4)cc3)CCO2)n1. The van der Waals surface area contributed by atoms with Crippen LogP contribution in [-0.4, -0.2) is 90.7 Å². The number of nitrogens with zero attached hydrogens (tertiary/aromatic N) is 6. The van der Waals surface area contributed by atoms with E-state index in [-0.39, 0.29) is 12.0 Å². The number of benzene rings is 1. The highest BCUT2D eigenvalue weighted by molar-refractivity contribution is 5.94. The van der Waals surface area contributed by atoms with Crippen LogP contribution in [0.1, 0.15) is 22.3 Å². The summed E-state index contributed by atoms with van der Waals surface area (Å²) in [6, 6.07) is 7.77. The van der Waals surface area contributed by atoms with Gasteiger partial charge < -0.3 is 24.0 Å². The number of hydrogen-bond donors (Lipinski definition) is 0. The Morgan fingerprint density at radius 3 is 2.72 bits per heavy atom. The summed E-state index contributed by atoms with van der Waals surface area (Å²) >= 11 is 0. The molecule has 4 rings (SSSR count). The van der Waals surface area contributed by atoms with Gasteiger partial charge in [-0.05, 0) is 29.5 Å². The molecule has 2 saturated heterocycles. The predicted octanol–water partition coefficient (Wildman–Crippen LogP) is 0.370. The van der Waals surface area contributed by atoms with Gasteiger partial charge >= 0.3 is 0 Å². The van der Waals surface area contributed by atoms with Gasteiger partial charge in [0.2, 0.25) is 5.82 Å². The van der Waals surface area contributed by atoms with Gasteiger partial charge in [-0.3, -0.25) is 4.79 Å². The number of tetrazole rings is 1. The quantitative estimate of drug-likeness (QED) is 0.684. The fourth-order valence-electron chi connectivity index (χ4n) is 3.46. The Kier molecular flexibility index (Phi) is 6.33. The van der Waals surface area contributed by atoms with Gasteiger partial charge in [0, 0.05) is 38.0 Å². The molecule has 1 amide bonds. The average Bonchev–Trinajstić information content (AvgIpc) is 3.27. The number of methoxy groups -OCH3 is 1. The molecule has 2 aliphatic heterocycles. The second kappa shape index (κ2) is 9.29. The van der Waals surface area contributed by atoms with E-state index >= 15 is 0 Å². The molecule has 0 bridgehead atoms. The first-order valence-corrected chi connectivity index (χ1v) is 9.85. The molecule has 10 heteroatoms. The Labute approximate surface area is 169 Å². The van der Waals surface area contributed by atoms with Crippen molar-refractivity contribution in [3.8, 4) is 0 Å². The molecule has 29 heavy (non-hydrogen) atoms. The lowest BCUT2D eigenvalue weighted by Gasteiger charge is -2.32. The van der Waals surface area contributed by atoms with Gasteiger partial charge in [-0.15, -0.1) is 10.2 Å². The van der Waals surface area contributed by atoms with Crippen molar-refractivity contribution >= 4 is 11.6 Å². The second-order valence-corrected chi connectivity index (χ2v) is 6.99. The van der Waals surface area contributed by atoms with Crippen molar-refractivity contribution in [2.75, 3.05) is 64.6 Å². The highest BCUT2D eigenvalue weighted by atomic mass is 16.5.